The van der Waals surface area contributed by atoms with Crippen LogP contribution in [0.3, 0.4) is 0 Å². The molecule has 0 amide bonds. The standard InChI is InChI=1S/C10H10Cl6N4OS2/c1-3-22-7(17-5(19-22)9(11,12)13)21-8-18-6(10(14,15)16)20-23(8)4-2/h3-4H2,1-2H3/q+2. The summed E-state index contributed by atoms with van der Waals surface area (Å²) in [4.78, 5) is 8.33. The fourth-order valence-corrected chi connectivity index (χ4v) is 4.70. The van der Waals surface area contributed by atoms with E-state index in [1.165, 1.54) is 0 Å². The van der Waals surface area contributed by atoms with E-state index in [2.05, 4.69) is 18.7 Å². The number of hydrogen-bond acceptors (Lipinski definition) is 5. The van der Waals surface area contributed by atoms with Gasteiger partial charge in [0.2, 0.25) is 11.6 Å². The second-order valence-electron chi connectivity index (χ2n) is 3.99. The minimum atomic E-state index is -1.71. The molecule has 2 atom stereocenters. The third-order valence-corrected chi connectivity index (χ3v) is 6.47. The maximum Gasteiger partial charge on any atom is 0.470 e. The molecule has 0 bridgehead atoms. The summed E-state index contributed by atoms with van der Waals surface area (Å²) in [5.41, 5.74) is 0. The van der Waals surface area contributed by atoms with Gasteiger partial charge in [0.15, 0.2) is 32.8 Å². The first-order valence-electron chi connectivity index (χ1n) is 6.15. The normalized spacial score (nSPS) is 14.3. The molecule has 2 heterocycles. The van der Waals surface area contributed by atoms with Crippen molar-refractivity contribution in [2.75, 3.05) is 0 Å². The van der Waals surface area contributed by atoms with Gasteiger partial charge in [0, 0.05) is 0 Å². The summed E-state index contributed by atoms with van der Waals surface area (Å²) < 4.78 is 10.9. The van der Waals surface area contributed by atoms with E-state index in [-0.39, 0.29) is 11.6 Å². The van der Waals surface area contributed by atoms with E-state index in [0.29, 0.717) is 21.9 Å². The summed E-state index contributed by atoms with van der Waals surface area (Å²) in [5, 5.41) is 0.638. The number of rotatable bonds is 4. The van der Waals surface area contributed by atoms with Gasteiger partial charge < -0.3 is 4.74 Å². The molecular weight excluding hydrogens is 469 g/mol. The first kappa shape index (κ1) is 20.0. The van der Waals surface area contributed by atoms with Crippen LogP contribution in [0.1, 0.15) is 25.5 Å². The van der Waals surface area contributed by atoms with Crippen molar-refractivity contribution in [1.29, 1.82) is 0 Å². The van der Waals surface area contributed by atoms with Crippen LogP contribution >= 0.6 is 90.9 Å². The van der Waals surface area contributed by atoms with Gasteiger partial charge in [0.05, 0.1) is 0 Å². The molecule has 128 valence electrons. The molecule has 0 aliphatic heterocycles. The van der Waals surface area contributed by atoms with E-state index in [1.54, 1.807) is 0 Å². The first-order chi connectivity index (χ1) is 10.6. The molecule has 2 rings (SSSR count). The summed E-state index contributed by atoms with van der Waals surface area (Å²) in [6, 6.07) is 0. The third kappa shape index (κ3) is 4.85. The first-order valence-corrected chi connectivity index (χ1v) is 11.1. The van der Waals surface area contributed by atoms with Crippen molar-refractivity contribution >= 4 is 90.9 Å². The summed E-state index contributed by atoms with van der Waals surface area (Å²) in [5.74, 6) is 1.46. The molecule has 0 aliphatic carbocycles. The van der Waals surface area contributed by atoms with Gasteiger partial charge in [-0.05, 0) is 22.6 Å². The SMILES string of the molecule is CC[s+]1nc(C(Cl)(Cl)Cl)nc1Oc1nc(C(Cl)(Cl)Cl)n[s+]1CC. The largest absolute Gasteiger partial charge is 0.470 e. The Bertz CT molecular complexity index is 634. The van der Waals surface area contributed by atoms with E-state index in [4.69, 9.17) is 74.3 Å². The zero-order valence-electron chi connectivity index (χ0n) is 11.7. The number of hydrogen-bond donors (Lipinski definition) is 0. The van der Waals surface area contributed by atoms with Crippen LogP contribution < -0.4 is 4.74 Å². The maximum atomic E-state index is 5.82. The molecular formula is C10H10Cl6N4OS2+2. The second-order valence-corrected chi connectivity index (χ2v) is 12.2. The van der Waals surface area contributed by atoms with Gasteiger partial charge in [-0.15, -0.1) is 9.97 Å². The van der Waals surface area contributed by atoms with E-state index >= 15 is 0 Å². The monoisotopic (exact) mass is 476 g/mol. The minimum absolute atomic E-state index is 0.0835. The predicted molar refractivity (Wildman–Crippen MR) is 98.9 cm³/mol. The van der Waals surface area contributed by atoms with Crippen LogP contribution in [-0.2, 0) is 19.1 Å². The highest BCUT2D eigenvalue weighted by Crippen LogP contribution is 2.45. The number of aryl methyl sites for hydroxylation is 2. The van der Waals surface area contributed by atoms with Crippen LogP contribution in [0.4, 0.5) is 0 Å². The van der Waals surface area contributed by atoms with Crippen molar-refractivity contribution in [1.82, 2.24) is 18.7 Å². The van der Waals surface area contributed by atoms with E-state index in [1.807, 2.05) is 13.8 Å². The Labute approximate surface area is 168 Å². The van der Waals surface area contributed by atoms with Crippen molar-refractivity contribution in [2.45, 2.75) is 32.9 Å². The van der Waals surface area contributed by atoms with E-state index < -0.39 is 28.9 Å². The lowest BCUT2D eigenvalue weighted by molar-refractivity contribution is 0.470. The van der Waals surface area contributed by atoms with Gasteiger partial charge in [-0.1, -0.05) is 69.6 Å². The van der Waals surface area contributed by atoms with Crippen LogP contribution in [0.2, 0.25) is 0 Å². The molecule has 13 heteroatoms. The molecule has 0 radical (unpaired) electrons. The zero-order chi connectivity index (χ0) is 17.4. The van der Waals surface area contributed by atoms with E-state index in [0.717, 1.165) is 0 Å². The number of ether oxygens (including phenoxy) is 1. The predicted octanol–water partition coefficient (Wildman–Crippen LogP) is 6.25. The average Bonchev–Trinajstić information content (AvgIpc) is 3.01. The Hall–Kier alpha value is 0.660. The molecule has 2 unspecified atom stereocenters. The highest BCUT2D eigenvalue weighted by molar-refractivity contribution is 7.28. The fraction of sp³-hybridized carbons (Fsp3) is 0.600. The quantitative estimate of drug-likeness (QED) is 0.384. The van der Waals surface area contributed by atoms with Gasteiger partial charge >= 0.3 is 10.4 Å². The molecule has 0 saturated heterocycles. The topological polar surface area (TPSA) is 60.8 Å². The summed E-state index contributed by atoms with van der Waals surface area (Å²) >= 11 is 34.9. The number of alkyl halides is 6. The molecule has 0 N–H and O–H groups in total. The summed E-state index contributed by atoms with van der Waals surface area (Å²) in [7, 11) is -1.32. The van der Waals surface area contributed by atoms with Gasteiger partial charge in [0.1, 0.15) is 0 Å². The molecule has 0 spiro atoms. The van der Waals surface area contributed by atoms with Crippen molar-refractivity contribution in [3.8, 4) is 10.4 Å². The van der Waals surface area contributed by atoms with Crippen LogP contribution in [0.15, 0.2) is 0 Å². The van der Waals surface area contributed by atoms with Crippen LogP contribution in [0.5, 0.6) is 10.4 Å². The molecule has 0 aliphatic rings. The lowest BCUT2D eigenvalue weighted by atomic mass is 10.7. The number of nitrogens with zero attached hydrogens (tertiary/aromatic N) is 4. The zero-order valence-corrected chi connectivity index (χ0v) is 17.9. The summed E-state index contributed by atoms with van der Waals surface area (Å²) in [6.45, 7) is 3.85. The smallest absolute Gasteiger partial charge is 0.332 e. The lowest BCUT2D eigenvalue weighted by Gasteiger charge is -2.00. The van der Waals surface area contributed by atoms with Gasteiger partial charge in [-0.2, -0.15) is 0 Å². The van der Waals surface area contributed by atoms with Crippen LogP contribution in [0, 0.1) is 0 Å². The maximum absolute atomic E-state index is 5.82. The number of aromatic nitrogens is 4. The van der Waals surface area contributed by atoms with Crippen LogP contribution in [0.25, 0.3) is 0 Å². The molecule has 0 saturated carbocycles. The molecule has 0 fully saturated rings. The molecule has 23 heavy (non-hydrogen) atoms. The Kier molecular flexibility index (Phi) is 6.51. The van der Waals surface area contributed by atoms with Crippen molar-refractivity contribution in [2.24, 2.45) is 0 Å². The highest BCUT2D eigenvalue weighted by atomic mass is 35.6. The third-order valence-electron chi connectivity index (χ3n) is 2.42. The lowest BCUT2D eigenvalue weighted by Crippen LogP contribution is -2.03. The Morgan fingerprint density at radius 3 is 1.39 bits per heavy atom. The highest BCUT2D eigenvalue weighted by Gasteiger charge is 2.40. The molecule has 2 aromatic heterocycles. The Balaban J connectivity index is 2.39. The molecule has 0 aromatic carbocycles. The number of halogens is 6. The fourth-order valence-electron chi connectivity index (χ4n) is 1.43. The van der Waals surface area contributed by atoms with Crippen molar-refractivity contribution < 1.29 is 4.74 Å². The average molecular weight is 479 g/mol. The van der Waals surface area contributed by atoms with E-state index in [9.17, 15) is 0 Å². The molecule has 2 aromatic rings. The molecule has 5 nitrogen and oxygen atoms in total. The van der Waals surface area contributed by atoms with Gasteiger partial charge in [-0.25, -0.2) is 0 Å². The van der Waals surface area contributed by atoms with Gasteiger partial charge in [-0.3, -0.25) is 0 Å². The second kappa shape index (κ2) is 7.50. The summed E-state index contributed by atoms with van der Waals surface area (Å²) in [6.07, 6.45) is 0. The van der Waals surface area contributed by atoms with Crippen molar-refractivity contribution in [3.05, 3.63) is 11.6 Å². The van der Waals surface area contributed by atoms with Gasteiger partial charge in [0.25, 0.3) is 7.59 Å². The minimum Gasteiger partial charge on any atom is -0.332 e. The Morgan fingerprint density at radius 2 is 1.13 bits per heavy atom. The van der Waals surface area contributed by atoms with Crippen molar-refractivity contribution in [3.63, 3.8) is 0 Å². The Morgan fingerprint density at radius 1 is 0.783 bits per heavy atom. The van der Waals surface area contributed by atoms with Crippen LogP contribution in [-0.4, -0.2) is 18.7 Å².